The Morgan fingerprint density at radius 1 is 1.50 bits per heavy atom. The molecule has 1 aliphatic rings. The molecule has 0 spiro atoms. The minimum absolute atomic E-state index is 0.255. The Labute approximate surface area is 83.7 Å². The Morgan fingerprint density at radius 2 is 2.21 bits per heavy atom. The van der Waals surface area contributed by atoms with Gasteiger partial charge in [-0.2, -0.15) is 0 Å². The van der Waals surface area contributed by atoms with Crippen LogP contribution in [0.15, 0.2) is 24.3 Å². The van der Waals surface area contributed by atoms with Gasteiger partial charge >= 0.3 is 0 Å². The summed E-state index contributed by atoms with van der Waals surface area (Å²) in [6.07, 6.45) is 6.31. The predicted molar refractivity (Wildman–Crippen MR) is 55.5 cm³/mol. The molecule has 72 valence electrons. The SMILES string of the molecule is C#Cc1cccc(C2(N)CC(O)C2)c1. The molecule has 0 amide bonds. The number of rotatable bonds is 1. The molecule has 0 atom stereocenters. The number of benzene rings is 1. The van der Waals surface area contributed by atoms with Crippen LogP contribution in [-0.2, 0) is 5.54 Å². The Morgan fingerprint density at radius 3 is 2.79 bits per heavy atom. The topological polar surface area (TPSA) is 46.2 Å². The molecule has 2 nitrogen and oxygen atoms in total. The first-order valence-electron chi connectivity index (χ1n) is 4.68. The third-order valence-electron chi connectivity index (χ3n) is 2.80. The van der Waals surface area contributed by atoms with E-state index in [9.17, 15) is 5.11 Å². The quantitative estimate of drug-likeness (QED) is 0.644. The van der Waals surface area contributed by atoms with Crippen molar-refractivity contribution in [3.8, 4) is 12.3 Å². The molecule has 2 rings (SSSR count). The van der Waals surface area contributed by atoms with Gasteiger partial charge in [0.05, 0.1) is 6.10 Å². The summed E-state index contributed by atoms with van der Waals surface area (Å²) < 4.78 is 0. The van der Waals surface area contributed by atoms with Gasteiger partial charge < -0.3 is 10.8 Å². The van der Waals surface area contributed by atoms with Crippen molar-refractivity contribution in [2.75, 3.05) is 0 Å². The van der Waals surface area contributed by atoms with E-state index in [4.69, 9.17) is 12.2 Å². The molecule has 1 aromatic carbocycles. The fourth-order valence-corrected chi connectivity index (χ4v) is 1.94. The van der Waals surface area contributed by atoms with Crippen LogP contribution in [0, 0.1) is 12.3 Å². The molecular formula is C12H13NO. The van der Waals surface area contributed by atoms with Crippen molar-refractivity contribution in [1.29, 1.82) is 0 Å². The number of nitrogens with two attached hydrogens (primary N) is 1. The van der Waals surface area contributed by atoms with Crippen molar-refractivity contribution < 1.29 is 5.11 Å². The molecule has 1 fully saturated rings. The first-order valence-corrected chi connectivity index (χ1v) is 4.68. The maximum absolute atomic E-state index is 9.25. The van der Waals surface area contributed by atoms with Gasteiger partial charge in [-0.15, -0.1) is 6.42 Å². The van der Waals surface area contributed by atoms with E-state index in [0.717, 1.165) is 11.1 Å². The van der Waals surface area contributed by atoms with Crippen molar-refractivity contribution in [3.63, 3.8) is 0 Å². The first kappa shape index (κ1) is 9.26. The number of hydrogen-bond donors (Lipinski definition) is 2. The lowest BCUT2D eigenvalue weighted by molar-refractivity contribution is 0.0209. The maximum Gasteiger partial charge on any atom is 0.0582 e. The molecule has 0 unspecified atom stereocenters. The molecule has 1 aromatic rings. The van der Waals surface area contributed by atoms with Crippen molar-refractivity contribution >= 4 is 0 Å². The van der Waals surface area contributed by atoms with Crippen LogP contribution in [0.25, 0.3) is 0 Å². The van der Waals surface area contributed by atoms with Gasteiger partial charge in [-0.3, -0.25) is 0 Å². The van der Waals surface area contributed by atoms with Crippen LogP contribution in [0.1, 0.15) is 24.0 Å². The van der Waals surface area contributed by atoms with Gasteiger partial charge in [-0.25, -0.2) is 0 Å². The van der Waals surface area contributed by atoms with E-state index >= 15 is 0 Å². The second kappa shape index (κ2) is 3.13. The first-order chi connectivity index (χ1) is 6.64. The van der Waals surface area contributed by atoms with Crippen LogP contribution in [0.4, 0.5) is 0 Å². The summed E-state index contributed by atoms with van der Waals surface area (Å²) in [5.41, 5.74) is 7.61. The third kappa shape index (κ3) is 1.41. The Hall–Kier alpha value is -1.30. The summed E-state index contributed by atoms with van der Waals surface area (Å²) in [6.45, 7) is 0. The fraction of sp³-hybridized carbons (Fsp3) is 0.333. The Kier molecular flexibility index (Phi) is 2.07. The van der Waals surface area contributed by atoms with Crippen LogP contribution in [0.3, 0.4) is 0 Å². The van der Waals surface area contributed by atoms with Crippen molar-refractivity contribution in [1.82, 2.24) is 0 Å². The number of aliphatic hydroxyl groups excluding tert-OH is 1. The second-order valence-corrected chi connectivity index (χ2v) is 3.94. The van der Waals surface area contributed by atoms with Gasteiger partial charge in [0.15, 0.2) is 0 Å². The molecule has 0 saturated heterocycles. The Balaban J connectivity index is 2.29. The molecule has 0 aliphatic heterocycles. The molecule has 0 radical (unpaired) electrons. The van der Waals surface area contributed by atoms with E-state index in [2.05, 4.69) is 5.92 Å². The number of terminal acetylenes is 1. The molecule has 0 bridgehead atoms. The lowest BCUT2D eigenvalue weighted by Crippen LogP contribution is -2.51. The number of aliphatic hydroxyl groups is 1. The molecule has 1 saturated carbocycles. The minimum atomic E-state index is -0.369. The summed E-state index contributed by atoms with van der Waals surface area (Å²) >= 11 is 0. The van der Waals surface area contributed by atoms with Crippen molar-refractivity contribution in [2.24, 2.45) is 5.73 Å². The molecule has 1 aliphatic carbocycles. The maximum atomic E-state index is 9.25. The molecule has 14 heavy (non-hydrogen) atoms. The highest BCUT2D eigenvalue weighted by molar-refractivity contribution is 5.39. The second-order valence-electron chi connectivity index (χ2n) is 3.94. The zero-order chi connectivity index (χ0) is 10.2. The van der Waals surface area contributed by atoms with Gasteiger partial charge in [0.2, 0.25) is 0 Å². The summed E-state index contributed by atoms with van der Waals surface area (Å²) in [5, 5.41) is 9.25. The monoisotopic (exact) mass is 187 g/mol. The molecular weight excluding hydrogens is 174 g/mol. The molecule has 0 aromatic heterocycles. The highest BCUT2D eigenvalue weighted by Crippen LogP contribution is 2.38. The zero-order valence-corrected chi connectivity index (χ0v) is 7.90. The van der Waals surface area contributed by atoms with E-state index < -0.39 is 0 Å². The molecule has 2 heteroatoms. The van der Waals surface area contributed by atoms with E-state index in [1.807, 2.05) is 24.3 Å². The number of hydrogen-bond acceptors (Lipinski definition) is 2. The smallest absolute Gasteiger partial charge is 0.0582 e. The van der Waals surface area contributed by atoms with Gasteiger partial charge in [-0.1, -0.05) is 18.1 Å². The predicted octanol–water partition coefficient (Wildman–Crippen LogP) is 0.977. The largest absolute Gasteiger partial charge is 0.393 e. The van der Waals surface area contributed by atoms with Gasteiger partial charge in [0.1, 0.15) is 0 Å². The highest BCUT2D eigenvalue weighted by atomic mass is 16.3. The average Bonchev–Trinajstić information content (AvgIpc) is 2.16. The van der Waals surface area contributed by atoms with E-state index in [-0.39, 0.29) is 11.6 Å². The average molecular weight is 187 g/mol. The fourth-order valence-electron chi connectivity index (χ4n) is 1.94. The minimum Gasteiger partial charge on any atom is -0.393 e. The van der Waals surface area contributed by atoms with E-state index in [1.165, 1.54) is 0 Å². The van der Waals surface area contributed by atoms with Crippen molar-refractivity contribution in [2.45, 2.75) is 24.5 Å². The van der Waals surface area contributed by atoms with Gasteiger partial charge in [0, 0.05) is 11.1 Å². The summed E-state index contributed by atoms with van der Waals surface area (Å²) in [4.78, 5) is 0. The summed E-state index contributed by atoms with van der Waals surface area (Å²) in [5.74, 6) is 2.58. The van der Waals surface area contributed by atoms with Crippen LogP contribution in [0.5, 0.6) is 0 Å². The van der Waals surface area contributed by atoms with Crippen LogP contribution >= 0.6 is 0 Å². The molecule has 3 N–H and O–H groups in total. The van der Waals surface area contributed by atoms with Crippen LogP contribution in [-0.4, -0.2) is 11.2 Å². The summed E-state index contributed by atoms with van der Waals surface area (Å²) in [6, 6.07) is 7.67. The van der Waals surface area contributed by atoms with Gasteiger partial charge in [-0.05, 0) is 30.5 Å². The Bertz CT molecular complexity index is 386. The lowest BCUT2D eigenvalue weighted by atomic mass is 9.70. The normalized spacial score (nSPS) is 30.5. The van der Waals surface area contributed by atoms with E-state index in [1.54, 1.807) is 0 Å². The molecule has 0 heterocycles. The summed E-state index contributed by atoms with van der Waals surface area (Å²) in [7, 11) is 0. The van der Waals surface area contributed by atoms with Crippen LogP contribution < -0.4 is 5.73 Å². The van der Waals surface area contributed by atoms with Crippen molar-refractivity contribution in [3.05, 3.63) is 35.4 Å². The van der Waals surface area contributed by atoms with E-state index in [0.29, 0.717) is 12.8 Å². The highest BCUT2D eigenvalue weighted by Gasteiger charge is 2.41. The lowest BCUT2D eigenvalue weighted by Gasteiger charge is -2.42. The van der Waals surface area contributed by atoms with Crippen LogP contribution in [0.2, 0.25) is 0 Å². The van der Waals surface area contributed by atoms with Gasteiger partial charge in [0.25, 0.3) is 0 Å². The zero-order valence-electron chi connectivity index (χ0n) is 7.90. The standard InChI is InChI=1S/C12H13NO/c1-2-9-4-3-5-10(6-9)12(13)7-11(14)8-12/h1,3-6,11,14H,7-8,13H2. The third-order valence-corrected chi connectivity index (χ3v) is 2.80.